The van der Waals surface area contributed by atoms with E-state index in [1.807, 2.05) is 38.5 Å². The van der Waals surface area contributed by atoms with Gasteiger partial charge >= 0.3 is 0 Å². The van der Waals surface area contributed by atoms with Gasteiger partial charge in [-0.05, 0) is 12.1 Å². The monoisotopic (exact) mass is 332 g/mol. The number of anilines is 1. The molecule has 0 unspecified atom stereocenters. The number of hydrogen-bond donors (Lipinski definition) is 0. The van der Waals surface area contributed by atoms with Gasteiger partial charge in [-0.15, -0.1) is 0 Å². The summed E-state index contributed by atoms with van der Waals surface area (Å²) >= 11 is 1.57. The average molecular weight is 332 g/mol. The summed E-state index contributed by atoms with van der Waals surface area (Å²) in [7, 11) is 4.06. The second-order valence-corrected chi connectivity index (χ2v) is 6.69. The molecule has 2 heterocycles. The van der Waals surface area contributed by atoms with Crippen LogP contribution in [0.2, 0.25) is 0 Å². The molecule has 0 aliphatic rings. The molecule has 0 aliphatic carbocycles. The van der Waals surface area contributed by atoms with Crippen molar-refractivity contribution in [3.63, 3.8) is 0 Å². The SMILES string of the molecule is CN(C)c1ccc(-c2cnc3sc(-c4ccccc4)nc3n2)cc1. The minimum Gasteiger partial charge on any atom is -0.378 e. The molecule has 118 valence electrons. The highest BCUT2D eigenvalue weighted by molar-refractivity contribution is 7.21. The van der Waals surface area contributed by atoms with Gasteiger partial charge in [0.25, 0.3) is 0 Å². The van der Waals surface area contributed by atoms with Gasteiger partial charge in [-0.1, -0.05) is 53.8 Å². The first-order chi connectivity index (χ1) is 11.7. The Bertz CT molecular complexity index is 975. The van der Waals surface area contributed by atoms with Crippen molar-refractivity contribution in [1.82, 2.24) is 15.0 Å². The number of fused-ring (bicyclic) bond motifs is 1. The van der Waals surface area contributed by atoms with E-state index in [9.17, 15) is 0 Å². The maximum atomic E-state index is 4.69. The van der Waals surface area contributed by atoms with Crippen LogP contribution in [-0.4, -0.2) is 29.0 Å². The molecule has 0 bridgehead atoms. The summed E-state index contributed by atoms with van der Waals surface area (Å²) in [5.74, 6) is 0. The van der Waals surface area contributed by atoms with Crippen LogP contribution in [0.25, 0.3) is 32.3 Å². The van der Waals surface area contributed by atoms with Crippen LogP contribution in [0.4, 0.5) is 5.69 Å². The van der Waals surface area contributed by atoms with Crippen LogP contribution in [-0.2, 0) is 0 Å². The Balaban J connectivity index is 1.73. The van der Waals surface area contributed by atoms with Crippen molar-refractivity contribution in [1.29, 1.82) is 0 Å². The van der Waals surface area contributed by atoms with Gasteiger partial charge in [0.15, 0.2) is 10.5 Å². The molecule has 4 nitrogen and oxygen atoms in total. The van der Waals surface area contributed by atoms with Gasteiger partial charge in [-0.3, -0.25) is 0 Å². The number of thiazole rings is 1. The molecule has 0 atom stereocenters. The van der Waals surface area contributed by atoms with E-state index in [0.29, 0.717) is 5.65 Å². The summed E-state index contributed by atoms with van der Waals surface area (Å²) in [4.78, 5) is 16.8. The molecule has 4 rings (SSSR count). The molecular weight excluding hydrogens is 316 g/mol. The summed E-state index contributed by atoms with van der Waals surface area (Å²) in [6.07, 6.45) is 1.82. The Morgan fingerprint density at radius 3 is 2.29 bits per heavy atom. The third-order valence-corrected chi connectivity index (χ3v) is 4.82. The van der Waals surface area contributed by atoms with Crippen molar-refractivity contribution >= 4 is 27.5 Å². The molecule has 0 N–H and O–H groups in total. The zero-order chi connectivity index (χ0) is 16.5. The number of rotatable bonds is 3. The van der Waals surface area contributed by atoms with Crippen LogP contribution >= 0.6 is 11.3 Å². The maximum Gasteiger partial charge on any atom is 0.190 e. The standard InChI is InChI=1S/C19H16N4S/c1-23(2)15-10-8-13(9-11-15)16-12-20-19-17(21-16)22-18(24-19)14-6-4-3-5-7-14/h3-12H,1-2H3. The third kappa shape index (κ3) is 2.74. The minimum atomic E-state index is 0.702. The van der Waals surface area contributed by atoms with E-state index in [0.717, 1.165) is 32.3 Å². The number of aromatic nitrogens is 3. The van der Waals surface area contributed by atoms with Gasteiger partial charge < -0.3 is 4.90 Å². The fourth-order valence-electron chi connectivity index (χ4n) is 2.50. The number of benzene rings is 2. The quantitative estimate of drug-likeness (QED) is 0.554. The Labute approximate surface area is 144 Å². The normalized spacial score (nSPS) is 10.9. The molecule has 0 radical (unpaired) electrons. The van der Waals surface area contributed by atoms with Crippen molar-refractivity contribution in [2.24, 2.45) is 0 Å². The number of nitrogens with zero attached hydrogens (tertiary/aromatic N) is 4. The minimum absolute atomic E-state index is 0.702. The fraction of sp³-hybridized carbons (Fsp3) is 0.105. The van der Waals surface area contributed by atoms with Crippen molar-refractivity contribution < 1.29 is 0 Å². The summed E-state index contributed by atoms with van der Waals surface area (Å²) < 4.78 is 0. The van der Waals surface area contributed by atoms with Crippen molar-refractivity contribution in [2.45, 2.75) is 0 Å². The van der Waals surface area contributed by atoms with Crippen LogP contribution in [0.3, 0.4) is 0 Å². The molecule has 0 fully saturated rings. The average Bonchev–Trinajstić information content (AvgIpc) is 3.06. The lowest BCUT2D eigenvalue weighted by molar-refractivity contribution is 1.13. The molecule has 4 aromatic rings. The van der Waals surface area contributed by atoms with Crippen molar-refractivity contribution in [2.75, 3.05) is 19.0 Å². The second kappa shape index (κ2) is 6.02. The zero-order valence-electron chi connectivity index (χ0n) is 13.5. The summed E-state index contributed by atoms with van der Waals surface area (Å²) in [6, 6.07) is 18.4. The highest BCUT2D eigenvalue weighted by atomic mass is 32.1. The first-order valence-electron chi connectivity index (χ1n) is 7.67. The molecule has 0 amide bonds. The van der Waals surface area contributed by atoms with Gasteiger partial charge in [0.2, 0.25) is 0 Å². The third-order valence-electron chi connectivity index (χ3n) is 3.82. The Hall–Kier alpha value is -2.79. The predicted molar refractivity (Wildman–Crippen MR) is 100 cm³/mol. The molecule has 0 saturated heterocycles. The first kappa shape index (κ1) is 14.8. The topological polar surface area (TPSA) is 41.9 Å². The van der Waals surface area contributed by atoms with Gasteiger partial charge in [-0.25, -0.2) is 15.0 Å². The van der Waals surface area contributed by atoms with E-state index in [2.05, 4.69) is 56.3 Å². The molecule has 2 aromatic carbocycles. The van der Waals surface area contributed by atoms with Crippen LogP contribution in [0.1, 0.15) is 0 Å². The highest BCUT2D eigenvalue weighted by Crippen LogP contribution is 2.29. The lowest BCUT2D eigenvalue weighted by Gasteiger charge is -2.12. The summed E-state index contributed by atoms with van der Waals surface area (Å²) in [5, 5.41) is 0.950. The van der Waals surface area contributed by atoms with E-state index >= 15 is 0 Å². The highest BCUT2D eigenvalue weighted by Gasteiger charge is 2.10. The summed E-state index contributed by atoms with van der Waals surface area (Å²) in [6.45, 7) is 0. The van der Waals surface area contributed by atoms with E-state index in [-0.39, 0.29) is 0 Å². The zero-order valence-corrected chi connectivity index (χ0v) is 14.3. The molecule has 5 heteroatoms. The number of hydrogen-bond acceptors (Lipinski definition) is 5. The molecule has 2 aromatic heterocycles. The van der Waals surface area contributed by atoms with Crippen molar-refractivity contribution in [3.05, 3.63) is 60.8 Å². The van der Waals surface area contributed by atoms with E-state index in [1.165, 1.54) is 0 Å². The Morgan fingerprint density at radius 1 is 0.833 bits per heavy atom. The smallest absolute Gasteiger partial charge is 0.190 e. The van der Waals surface area contributed by atoms with Crippen LogP contribution < -0.4 is 4.90 Å². The van der Waals surface area contributed by atoms with Gasteiger partial charge in [0.1, 0.15) is 5.01 Å². The van der Waals surface area contributed by atoms with Crippen LogP contribution in [0.5, 0.6) is 0 Å². The maximum absolute atomic E-state index is 4.69. The van der Waals surface area contributed by atoms with Crippen LogP contribution in [0.15, 0.2) is 60.8 Å². The van der Waals surface area contributed by atoms with Gasteiger partial charge in [-0.2, -0.15) is 0 Å². The van der Waals surface area contributed by atoms with Gasteiger partial charge in [0.05, 0.1) is 11.9 Å². The molecule has 24 heavy (non-hydrogen) atoms. The first-order valence-corrected chi connectivity index (χ1v) is 8.49. The molecule has 0 aliphatic heterocycles. The largest absolute Gasteiger partial charge is 0.378 e. The van der Waals surface area contributed by atoms with E-state index in [4.69, 9.17) is 0 Å². The second-order valence-electron chi connectivity index (χ2n) is 5.71. The lowest BCUT2D eigenvalue weighted by Crippen LogP contribution is -2.07. The van der Waals surface area contributed by atoms with E-state index in [1.54, 1.807) is 11.3 Å². The molecule has 0 saturated carbocycles. The van der Waals surface area contributed by atoms with Gasteiger partial charge in [0, 0.05) is 30.9 Å². The summed E-state index contributed by atoms with van der Waals surface area (Å²) in [5.41, 5.74) is 4.85. The molecular formula is C19H16N4S. The van der Waals surface area contributed by atoms with E-state index < -0.39 is 0 Å². The fourth-order valence-corrected chi connectivity index (χ4v) is 3.35. The predicted octanol–water partition coefficient (Wildman–Crippen LogP) is 4.49. The Kier molecular flexibility index (Phi) is 3.70. The van der Waals surface area contributed by atoms with Crippen molar-refractivity contribution in [3.8, 4) is 21.8 Å². The molecule has 0 spiro atoms. The lowest BCUT2D eigenvalue weighted by atomic mass is 10.1. The Morgan fingerprint density at radius 2 is 1.58 bits per heavy atom. The van der Waals surface area contributed by atoms with Crippen LogP contribution in [0, 0.1) is 0 Å².